The van der Waals surface area contributed by atoms with Crippen LogP contribution in [0.15, 0.2) is 42.5 Å². The van der Waals surface area contributed by atoms with Gasteiger partial charge >= 0.3 is 0 Å². The predicted molar refractivity (Wildman–Crippen MR) is 69.0 cm³/mol. The van der Waals surface area contributed by atoms with Crippen molar-refractivity contribution >= 4 is 0 Å². The second-order valence-corrected chi connectivity index (χ2v) is 5.02. The Kier molecular flexibility index (Phi) is 3.07. The Morgan fingerprint density at radius 3 is 2.74 bits per heavy atom. The molecule has 0 saturated carbocycles. The summed E-state index contributed by atoms with van der Waals surface area (Å²) < 4.78 is 26.6. The smallest absolute Gasteiger partial charge is 0.126 e. The number of halogens is 2. The summed E-state index contributed by atoms with van der Waals surface area (Å²) in [5, 5.41) is 10.2. The fraction of sp³-hybridized carbons (Fsp3) is 0.250. The summed E-state index contributed by atoms with van der Waals surface area (Å²) in [6.45, 7) is 0. The first-order chi connectivity index (χ1) is 9.15. The Morgan fingerprint density at radius 2 is 1.95 bits per heavy atom. The standard InChI is InChI=1S/C16H14F2O/c17-12-5-6-15(18)11(7-12)9-16(19)14-8-10-3-1-2-4-13(10)14/h1-7,14,16,19H,8-9H2. The third-order valence-corrected chi connectivity index (χ3v) is 3.80. The number of aliphatic hydroxyl groups excluding tert-OH is 1. The van der Waals surface area contributed by atoms with Crippen LogP contribution in [0.25, 0.3) is 0 Å². The molecule has 1 N–H and O–H groups in total. The summed E-state index contributed by atoms with van der Waals surface area (Å²) in [7, 11) is 0. The number of hydrogen-bond donors (Lipinski definition) is 1. The van der Waals surface area contributed by atoms with E-state index in [1.807, 2.05) is 24.3 Å². The minimum Gasteiger partial charge on any atom is -0.392 e. The number of benzene rings is 2. The van der Waals surface area contributed by atoms with Crippen molar-refractivity contribution in [1.82, 2.24) is 0 Å². The van der Waals surface area contributed by atoms with Gasteiger partial charge in [-0.2, -0.15) is 0 Å². The van der Waals surface area contributed by atoms with Crippen LogP contribution >= 0.6 is 0 Å². The molecule has 0 aromatic heterocycles. The van der Waals surface area contributed by atoms with E-state index >= 15 is 0 Å². The molecule has 1 nitrogen and oxygen atoms in total. The zero-order chi connectivity index (χ0) is 13.4. The van der Waals surface area contributed by atoms with E-state index in [4.69, 9.17) is 0 Å². The summed E-state index contributed by atoms with van der Waals surface area (Å²) >= 11 is 0. The third-order valence-electron chi connectivity index (χ3n) is 3.80. The minimum atomic E-state index is -0.675. The molecule has 19 heavy (non-hydrogen) atoms. The molecule has 2 unspecified atom stereocenters. The van der Waals surface area contributed by atoms with Crippen LogP contribution in [0, 0.1) is 11.6 Å². The lowest BCUT2D eigenvalue weighted by Gasteiger charge is -2.34. The van der Waals surface area contributed by atoms with Crippen LogP contribution in [0.1, 0.15) is 22.6 Å². The van der Waals surface area contributed by atoms with Crippen LogP contribution in [-0.2, 0) is 12.8 Å². The number of aliphatic hydroxyl groups is 1. The van der Waals surface area contributed by atoms with Gasteiger partial charge in [-0.3, -0.25) is 0 Å². The van der Waals surface area contributed by atoms with Crippen LogP contribution in [0.5, 0.6) is 0 Å². The first-order valence-corrected chi connectivity index (χ1v) is 6.35. The molecular weight excluding hydrogens is 246 g/mol. The Labute approximate surface area is 110 Å². The van der Waals surface area contributed by atoms with Crippen LogP contribution in [0.3, 0.4) is 0 Å². The summed E-state index contributed by atoms with van der Waals surface area (Å²) in [6.07, 6.45) is 0.267. The zero-order valence-electron chi connectivity index (χ0n) is 10.3. The second kappa shape index (κ2) is 4.74. The van der Waals surface area contributed by atoms with Crippen molar-refractivity contribution in [3.05, 3.63) is 70.8 Å². The number of fused-ring (bicyclic) bond motifs is 1. The molecule has 98 valence electrons. The maximum absolute atomic E-state index is 13.5. The summed E-state index contributed by atoms with van der Waals surface area (Å²) in [5.74, 6) is -0.912. The van der Waals surface area contributed by atoms with Gasteiger partial charge in [0, 0.05) is 12.3 Å². The largest absolute Gasteiger partial charge is 0.392 e. The van der Waals surface area contributed by atoms with Gasteiger partial charge in [0.25, 0.3) is 0 Å². The molecule has 0 bridgehead atoms. The lowest BCUT2D eigenvalue weighted by atomic mass is 9.73. The topological polar surface area (TPSA) is 20.2 Å². The summed E-state index contributed by atoms with van der Waals surface area (Å²) in [6, 6.07) is 11.3. The van der Waals surface area contributed by atoms with Crippen molar-refractivity contribution in [2.24, 2.45) is 0 Å². The molecule has 0 heterocycles. The molecule has 0 radical (unpaired) electrons. The van der Waals surface area contributed by atoms with E-state index in [1.54, 1.807) is 0 Å². The van der Waals surface area contributed by atoms with E-state index < -0.39 is 17.7 Å². The van der Waals surface area contributed by atoms with E-state index in [-0.39, 0.29) is 17.9 Å². The summed E-state index contributed by atoms with van der Waals surface area (Å²) in [4.78, 5) is 0. The van der Waals surface area contributed by atoms with Gasteiger partial charge in [-0.15, -0.1) is 0 Å². The zero-order valence-corrected chi connectivity index (χ0v) is 10.3. The molecule has 1 aliphatic carbocycles. The maximum atomic E-state index is 13.5. The quantitative estimate of drug-likeness (QED) is 0.898. The maximum Gasteiger partial charge on any atom is 0.126 e. The molecule has 0 amide bonds. The highest BCUT2D eigenvalue weighted by molar-refractivity contribution is 5.41. The van der Waals surface area contributed by atoms with Gasteiger partial charge in [0.15, 0.2) is 0 Å². The average Bonchev–Trinajstić information content (AvgIpc) is 2.35. The van der Waals surface area contributed by atoms with E-state index in [1.165, 1.54) is 5.56 Å². The Hall–Kier alpha value is -1.74. The average molecular weight is 260 g/mol. The highest BCUT2D eigenvalue weighted by atomic mass is 19.1. The van der Waals surface area contributed by atoms with E-state index in [9.17, 15) is 13.9 Å². The summed E-state index contributed by atoms with van der Waals surface area (Å²) in [5.41, 5.74) is 2.58. The van der Waals surface area contributed by atoms with Gasteiger partial charge in [-0.1, -0.05) is 24.3 Å². The molecule has 0 fully saturated rings. The molecule has 3 heteroatoms. The second-order valence-electron chi connectivity index (χ2n) is 5.02. The van der Waals surface area contributed by atoms with Gasteiger partial charge in [-0.25, -0.2) is 8.78 Å². The van der Waals surface area contributed by atoms with Gasteiger partial charge in [0.2, 0.25) is 0 Å². The monoisotopic (exact) mass is 260 g/mol. The van der Waals surface area contributed by atoms with Crippen molar-refractivity contribution in [3.8, 4) is 0 Å². The Bertz CT molecular complexity index is 609. The third kappa shape index (κ3) is 2.26. The van der Waals surface area contributed by atoms with E-state index in [2.05, 4.69) is 0 Å². The first-order valence-electron chi connectivity index (χ1n) is 6.35. The van der Waals surface area contributed by atoms with Crippen molar-refractivity contribution in [3.63, 3.8) is 0 Å². The normalized spacial score (nSPS) is 18.6. The molecule has 1 aliphatic rings. The van der Waals surface area contributed by atoms with E-state index in [0.717, 1.165) is 30.2 Å². The Balaban J connectivity index is 1.76. The highest BCUT2D eigenvalue weighted by Gasteiger charge is 2.31. The van der Waals surface area contributed by atoms with Crippen LogP contribution in [0.4, 0.5) is 8.78 Å². The van der Waals surface area contributed by atoms with Gasteiger partial charge < -0.3 is 5.11 Å². The van der Waals surface area contributed by atoms with Crippen molar-refractivity contribution < 1.29 is 13.9 Å². The molecule has 2 aromatic carbocycles. The molecule has 0 spiro atoms. The van der Waals surface area contributed by atoms with E-state index in [0.29, 0.717) is 0 Å². The molecule has 0 saturated heterocycles. The van der Waals surface area contributed by atoms with Crippen molar-refractivity contribution in [2.45, 2.75) is 24.9 Å². The highest BCUT2D eigenvalue weighted by Crippen LogP contribution is 2.38. The first kappa shape index (κ1) is 12.3. The van der Waals surface area contributed by atoms with Crippen molar-refractivity contribution in [1.29, 1.82) is 0 Å². The van der Waals surface area contributed by atoms with Crippen LogP contribution < -0.4 is 0 Å². The number of hydrogen-bond acceptors (Lipinski definition) is 1. The lowest BCUT2D eigenvalue weighted by Crippen LogP contribution is -2.30. The minimum absolute atomic E-state index is 0.0267. The molecule has 0 aliphatic heterocycles. The fourth-order valence-electron chi connectivity index (χ4n) is 2.71. The SMILES string of the molecule is OC(Cc1cc(F)ccc1F)C1Cc2ccccc21. The lowest BCUT2D eigenvalue weighted by molar-refractivity contribution is 0.132. The van der Waals surface area contributed by atoms with Gasteiger partial charge in [-0.05, 0) is 41.3 Å². The van der Waals surface area contributed by atoms with Crippen LogP contribution in [0.2, 0.25) is 0 Å². The molecular formula is C16H14F2O. The predicted octanol–water partition coefficient (Wildman–Crippen LogP) is 3.21. The molecule has 2 aromatic rings. The molecule has 3 rings (SSSR count). The van der Waals surface area contributed by atoms with Crippen molar-refractivity contribution in [2.75, 3.05) is 0 Å². The number of rotatable bonds is 3. The van der Waals surface area contributed by atoms with Crippen LogP contribution in [-0.4, -0.2) is 11.2 Å². The Morgan fingerprint density at radius 1 is 1.16 bits per heavy atom. The fourth-order valence-corrected chi connectivity index (χ4v) is 2.71. The molecule has 2 atom stereocenters. The van der Waals surface area contributed by atoms with Gasteiger partial charge in [0.05, 0.1) is 6.10 Å². The van der Waals surface area contributed by atoms with Gasteiger partial charge in [0.1, 0.15) is 11.6 Å².